The molecule has 1 aromatic carbocycles. The standard InChI is InChI=1S/C14H20N2O/c1-3-9-7-10(5-6-15)13-12(8-9)11(4-2)14(17)16-13/h7-8,11H,3-6,15H2,1-2H3,(H,16,17). The number of nitrogens with one attached hydrogen (secondary N) is 1. The van der Waals surface area contributed by atoms with E-state index in [-0.39, 0.29) is 11.8 Å². The summed E-state index contributed by atoms with van der Waals surface area (Å²) in [5.41, 5.74) is 10.3. The lowest BCUT2D eigenvalue weighted by Gasteiger charge is -2.11. The van der Waals surface area contributed by atoms with Crippen molar-refractivity contribution < 1.29 is 4.79 Å². The predicted octanol–water partition coefficient (Wildman–Crippen LogP) is 2.20. The second-order valence-electron chi connectivity index (χ2n) is 4.56. The number of carbonyl (C=O) groups is 1. The molecule has 0 aromatic heterocycles. The maximum atomic E-state index is 11.9. The smallest absolute Gasteiger partial charge is 0.232 e. The monoisotopic (exact) mass is 232 g/mol. The lowest BCUT2D eigenvalue weighted by atomic mass is 9.92. The van der Waals surface area contributed by atoms with E-state index < -0.39 is 0 Å². The van der Waals surface area contributed by atoms with Gasteiger partial charge < -0.3 is 11.1 Å². The van der Waals surface area contributed by atoms with Gasteiger partial charge in [-0.05, 0) is 42.5 Å². The largest absolute Gasteiger partial charge is 0.330 e. The summed E-state index contributed by atoms with van der Waals surface area (Å²) in [5, 5.41) is 3.01. The highest BCUT2D eigenvalue weighted by Gasteiger charge is 2.30. The molecule has 0 aliphatic carbocycles. The van der Waals surface area contributed by atoms with Crippen LogP contribution in [0.2, 0.25) is 0 Å². The molecule has 1 aliphatic heterocycles. The molecule has 1 aliphatic rings. The SMILES string of the molecule is CCc1cc(CCN)c2c(c1)C(CC)C(=O)N2. The molecule has 1 atom stereocenters. The van der Waals surface area contributed by atoms with Crippen molar-refractivity contribution in [2.24, 2.45) is 5.73 Å². The second kappa shape index (κ2) is 4.88. The Bertz CT molecular complexity index is 440. The van der Waals surface area contributed by atoms with E-state index in [4.69, 9.17) is 5.73 Å². The van der Waals surface area contributed by atoms with Crippen molar-refractivity contribution >= 4 is 11.6 Å². The van der Waals surface area contributed by atoms with Crippen LogP contribution in [0, 0.1) is 0 Å². The number of rotatable bonds is 4. The van der Waals surface area contributed by atoms with Crippen LogP contribution in [0.4, 0.5) is 5.69 Å². The van der Waals surface area contributed by atoms with E-state index in [1.54, 1.807) is 0 Å². The van der Waals surface area contributed by atoms with Crippen molar-refractivity contribution in [2.75, 3.05) is 11.9 Å². The van der Waals surface area contributed by atoms with Crippen LogP contribution in [-0.2, 0) is 17.6 Å². The van der Waals surface area contributed by atoms with Gasteiger partial charge in [-0.15, -0.1) is 0 Å². The summed E-state index contributed by atoms with van der Waals surface area (Å²) >= 11 is 0. The lowest BCUT2D eigenvalue weighted by molar-refractivity contribution is -0.117. The molecular weight excluding hydrogens is 212 g/mol. The fourth-order valence-corrected chi connectivity index (χ4v) is 2.54. The maximum Gasteiger partial charge on any atom is 0.232 e. The first-order valence-electron chi connectivity index (χ1n) is 6.37. The van der Waals surface area contributed by atoms with E-state index in [0.717, 1.165) is 24.9 Å². The fraction of sp³-hybridized carbons (Fsp3) is 0.500. The summed E-state index contributed by atoms with van der Waals surface area (Å²) in [6.45, 7) is 4.81. The average molecular weight is 232 g/mol. The van der Waals surface area contributed by atoms with Crippen molar-refractivity contribution in [3.05, 3.63) is 28.8 Å². The summed E-state index contributed by atoms with van der Waals surface area (Å²) in [5.74, 6) is 0.155. The van der Waals surface area contributed by atoms with Crippen LogP contribution >= 0.6 is 0 Å². The summed E-state index contributed by atoms with van der Waals surface area (Å²) in [6, 6.07) is 4.34. The molecule has 1 unspecified atom stereocenters. The Labute approximate surface area is 102 Å². The van der Waals surface area contributed by atoms with Gasteiger partial charge in [-0.25, -0.2) is 0 Å². The normalized spacial score (nSPS) is 18.1. The van der Waals surface area contributed by atoms with Crippen molar-refractivity contribution in [3.63, 3.8) is 0 Å². The number of carbonyl (C=O) groups excluding carboxylic acids is 1. The number of benzene rings is 1. The molecule has 1 amide bonds. The number of nitrogens with two attached hydrogens (primary N) is 1. The van der Waals surface area contributed by atoms with Gasteiger partial charge in [0, 0.05) is 5.69 Å². The van der Waals surface area contributed by atoms with Gasteiger partial charge in [0.15, 0.2) is 0 Å². The first kappa shape index (κ1) is 12.1. The van der Waals surface area contributed by atoms with Gasteiger partial charge in [-0.1, -0.05) is 26.0 Å². The van der Waals surface area contributed by atoms with Crippen LogP contribution in [0.25, 0.3) is 0 Å². The van der Waals surface area contributed by atoms with Gasteiger partial charge in [0.25, 0.3) is 0 Å². The Morgan fingerprint density at radius 2 is 2.12 bits per heavy atom. The van der Waals surface area contributed by atoms with Crippen LogP contribution in [-0.4, -0.2) is 12.5 Å². The molecule has 0 saturated heterocycles. The Morgan fingerprint density at radius 1 is 1.35 bits per heavy atom. The number of anilines is 1. The van der Waals surface area contributed by atoms with Crippen LogP contribution in [0.1, 0.15) is 42.9 Å². The second-order valence-corrected chi connectivity index (χ2v) is 4.56. The molecular formula is C14H20N2O. The molecule has 92 valence electrons. The molecule has 0 bridgehead atoms. The van der Waals surface area contributed by atoms with E-state index in [0.29, 0.717) is 6.54 Å². The maximum absolute atomic E-state index is 11.9. The fourth-order valence-electron chi connectivity index (χ4n) is 2.54. The zero-order valence-electron chi connectivity index (χ0n) is 10.5. The Morgan fingerprint density at radius 3 is 2.71 bits per heavy atom. The molecule has 2 rings (SSSR count). The van der Waals surface area contributed by atoms with Crippen LogP contribution in [0.3, 0.4) is 0 Å². The third-order valence-corrected chi connectivity index (χ3v) is 3.48. The Kier molecular flexibility index (Phi) is 3.48. The van der Waals surface area contributed by atoms with E-state index in [1.165, 1.54) is 16.7 Å². The molecule has 0 saturated carbocycles. The molecule has 1 heterocycles. The van der Waals surface area contributed by atoms with Crippen molar-refractivity contribution in [2.45, 2.75) is 39.0 Å². The molecule has 1 aromatic rings. The minimum Gasteiger partial charge on any atom is -0.330 e. The summed E-state index contributed by atoms with van der Waals surface area (Å²) in [6.07, 6.45) is 2.68. The minimum atomic E-state index is 0.0213. The average Bonchev–Trinajstić information content (AvgIpc) is 2.65. The molecule has 3 heteroatoms. The molecule has 0 spiro atoms. The van der Waals surface area contributed by atoms with Crippen LogP contribution < -0.4 is 11.1 Å². The summed E-state index contributed by atoms with van der Waals surface area (Å²) in [7, 11) is 0. The molecule has 3 nitrogen and oxygen atoms in total. The first-order chi connectivity index (χ1) is 8.21. The van der Waals surface area contributed by atoms with E-state index in [1.807, 2.05) is 0 Å². The zero-order valence-corrected chi connectivity index (χ0v) is 10.5. The molecule has 17 heavy (non-hydrogen) atoms. The Hall–Kier alpha value is -1.35. The van der Waals surface area contributed by atoms with Crippen molar-refractivity contribution in [3.8, 4) is 0 Å². The number of hydrogen-bond acceptors (Lipinski definition) is 2. The number of hydrogen-bond donors (Lipinski definition) is 2. The van der Waals surface area contributed by atoms with Crippen molar-refractivity contribution in [1.29, 1.82) is 0 Å². The van der Waals surface area contributed by atoms with E-state index in [2.05, 4.69) is 31.3 Å². The molecule has 0 fully saturated rings. The number of aryl methyl sites for hydroxylation is 1. The van der Waals surface area contributed by atoms with Crippen LogP contribution in [0.5, 0.6) is 0 Å². The van der Waals surface area contributed by atoms with Gasteiger partial charge in [0.05, 0.1) is 5.92 Å². The van der Waals surface area contributed by atoms with Gasteiger partial charge in [0.1, 0.15) is 0 Å². The predicted molar refractivity (Wildman–Crippen MR) is 70.2 cm³/mol. The summed E-state index contributed by atoms with van der Waals surface area (Å²) < 4.78 is 0. The lowest BCUT2D eigenvalue weighted by Crippen LogP contribution is -2.11. The highest BCUT2D eigenvalue weighted by Crippen LogP contribution is 2.38. The van der Waals surface area contributed by atoms with Crippen LogP contribution in [0.15, 0.2) is 12.1 Å². The Balaban J connectivity index is 2.50. The summed E-state index contributed by atoms with van der Waals surface area (Å²) in [4.78, 5) is 11.9. The van der Waals surface area contributed by atoms with Gasteiger partial charge in [-0.3, -0.25) is 4.79 Å². The van der Waals surface area contributed by atoms with Gasteiger partial charge >= 0.3 is 0 Å². The van der Waals surface area contributed by atoms with Crippen molar-refractivity contribution in [1.82, 2.24) is 0 Å². The van der Waals surface area contributed by atoms with Gasteiger partial charge in [-0.2, -0.15) is 0 Å². The first-order valence-corrected chi connectivity index (χ1v) is 6.37. The topological polar surface area (TPSA) is 55.1 Å². The van der Waals surface area contributed by atoms with E-state index in [9.17, 15) is 4.79 Å². The third-order valence-electron chi connectivity index (χ3n) is 3.48. The quantitative estimate of drug-likeness (QED) is 0.836. The zero-order chi connectivity index (χ0) is 12.4. The van der Waals surface area contributed by atoms with E-state index >= 15 is 0 Å². The molecule has 3 N–H and O–H groups in total. The number of amides is 1. The van der Waals surface area contributed by atoms with Gasteiger partial charge in [0.2, 0.25) is 5.91 Å². The number of fused-ring (bicyclic) bond motifs is 1. The molecule has 0 radical (unpaired) electrons. The third kappa shape index (κ3) is 2.07. The highest BCUT2D eigenvalue weighted by atomic mass is 16.2. The highest BCUT2D eigenvalue weighted by molar-refractivity contribution is 6.03. The minimum absolute atomic E-state index is 0.0213.